The highest BCUT2D eigenvalue weighted by molar-refractivity contribution is 9.10. The number of hydrogen-bond donors (Lipinski definition) is 1. The zero-order valence-corrected chi connectivity index (χ0v) is 15.0. The fraction of sp³-hybridized carbons (Fsp3) is 0.500. The molecule has 1 aromatic rings. The number of aliphatic carboxylic acids is 1. The number of benzene rings is 1. The summed E-state index contributed by atoms with van der Waals surface area (Å²) in [5, 5.41) is 13.0. The van der Waals surface area contributed by atoms with Crippen molar-refractivity contribution in [2.24, 2.45) is 5.16 Å². The third kappa shape index (κ3) is 4.45. The van der Waals surface area contributed by atoms with E-state index in [4.69, 9.17) is 19.4 Å². The van der Waals surface area contributed by atoms with Crippen LogP contribution in [0.15, 0.2) is 21.8 Å². The van der Waals surface area contributed by atoms with Gasteiger partial charge in [-0.1, -0.05) is 18.5 Å². The van der Waals surface area contributed by atoms with Crippen LogP contribution in [0.3, 0.4) is 0 Å². The number of nitrogens with zero attached hydrogens (tertiary/aromatic N) is 1. The smallest absolute Gasteiger partial charge is 0.344 e. The lowest BCUT2D eigenvalue weighted by molar-refractivity contribution is -0.144. The predicted molar refractivity (Wildman–Crippen MR) is 89.0 cm³/mol. The third-order valence-corrected chi connectivity index (χ3v) is 4.07. The van der Waals surface area contributed by atoms with Gasteiger partial charge >= 0.3 is 5.97 Å². The van der Waals surface area contributed by atoms with Gasteiger partial charge in [-0.3, -0.25) is 0 Å². The summed E-state index contributed by atoms with van der Waals surface area (Å²) in [6.07, 6.45) is 0.353. The maximum Gasteiger partial charge on any atom is 0.344 e. The number of halogens is 2. The van der Waals surface area contributed by atoms with Crippen LogP contribution >= 0.6 is 15.9 Å². The fourth-order valence-electron chi connectivity index (χ4n) is 2.10. The molecule has 0 spiro atoms. The molecule has 6 nitrogen and oxygen atoms in total. The molecule has 2 rings (SSSR count). The molecule has 132 valence electrons. The SMILES string of the molecule is CCCCOC1CON=C1c1cc(Br)c(F)cc1OC(C)C(=O)O. The van der Waals surface area contributed by atoms with Crippen molar-refractivity contribution in [1.82, 2.24) is 0 Å². The van der Waals surface area contributed by atoms with Crippen LogP contribution < -0.4 is 4.74 Å². The van der Waals surface area contributed by atoms with Crippen LogP contribution in [0, 0.1) is 5.82 Å². The van der Waals surface area contributed by atoms with E-state index < -0.39 is 24.0 Å². The summed E-state index contributed by atoms with van der Waals surface area (Å²) >= 11 is 3.12. The summed E-state index contributed by atoms with van der Waals surface area (Å²) in [5.41, 5.74) is 0.898. The second kappa shape index (κ2) is 8.43. The van der Waals surface area contributed by atoms with Gasteiger partial charge in [0.05, 0.1) is 4.47 Å². The van der Waals surface area contributed by atoms with Gasteiger partial charge in [0.1, 0.15) is 30.0 Å². The second-order valence-corrected chi connectivity index (χ2v) is 6.20. The van der Waals surface area contributed by atoms with E-state index in [2.05, 4.69) is 28.0 Å². The van der Waals surface area contributed by atoms with Gasteiger partial charge in [-0.05, 0) is 35.3 Å². The number of rotatable bonds is 8. The summed E-state index contributed by atoms with van der Waals surface area (Å²) in [4.78, 5) is 16.1. The van der Waals surface area contributed by atoms with E-state index in [1.165, 1.54) is 13.0 Å². The third-order valence-electron chi connectivity index (χ3n) is 3.46. The Morgan fingerprint density at radius 3 is 3.00 bits per heavy atom. The molecule has 1 aliphatic rings. The summed E-state index contributed by atoms with van der Waals surface area (Å²) in [7, 11) is 0. The Hall–Kier alpha value is -1.67. The molecule has 0 bridgehead atoms. The molecule has 0 fully saturated rings. The molecule has 8 heteroatoms. The summed E-state index contributed by atoms with van der Waals surface area (Å²) in [5.74, 6) is -1.63. The maximum atomic E-state index is 13.9. The minimum atomic E-state index is -1.15. The summed E-state index contributed by atoms with van der Waals surface area (Å²) in [6, 6.07) is 2.62. The van der Waals surface area contributed by atoms with E-state index in [-0.39, 0.29) is 16.8 Å². The number of oxime groups is 1. The molecule has 24 heavy (non-hydrogen) atoms. The minimum Gasteiger partial charge on any atom is -0.479 e. The Labute approximate surface area is 147 Å². The zero-order valence-electron chi connectivity index (χ0n) is 13.4. The highest BCUT2D eigenvalue weighted by Gasteiger charge is 2.30. The van der Waals surface area contributed by atoms with Crippen molar-refractivity contribution in [3.05, 3.63) is 28.0 Å². The van der Waals surface area contributed by atoms with Crippen LogP contribution in [0.5, 0.6) is 5.75 Å². The molecule has 2 atom stereocenters. The summed E-state index contributed by atoms with van der Waals surface area (Å²) < 4.78 is 25.2. The van der Waals surface area contributed by atoms with Gasteiger partial charge in [-0.15, -0.1) is 0 Å². The van der Waals surface area contributed by atoms with E-state index in [1.807, 2.05) is 0 Å². The first-order valence-corrected chi connectivity index (χ1v) is 8.43. The van der Waals surface area contributed by atoms with Gasteiger partial charge < -0.3 is 19.4 Å². The Morgan fingerprint density at radius 2 is 2.33 bits per heavy atom. The van der Waals surface area contributed by atoms with Gasteiger partial charge in [0.15, 0.2) is 6.10 Å². The molecule has 1 N–H and O–H groups in total. The second-order valence-electron chi connectivity index (χ2n) is 5.35. The Kier molecular flexibility index (Phi) is 6.56. The van der Waals surface area contributed by atoms with Crippen LogP contribution in [-0.2, 0) is 14.4 Å². The van der Waals surface area contributed by atoms with Gasteiger partial charge in [0.25, 0.3) is 0 Å². The van der Waals surface area contributed by atoms with E-state index in [0.29, 0.717) is 17.9 Å². The van der Waals surface area contributed by atoms with Crippen LogP contribution in [0.25, 0.3) is 0 Å². The Balaban J connectivity index is 2.30. The average molecular weight is 404 g/mol. The number of unbranched alkanes of at least 4 members (excludes halogenated alkanes) is 1. The standard InChI is InChI=1S/C16H19BrFNO5/c1-3-4-5-22-14-8-23-19-15(14)10-6-11(17)12(18)7-13(10)24-9(2)16(20)21/h6-7,9,14H,3-5,8H2,1-2H3,(H,20,21). The molecular weight excluding hydrogens is 385 g/mol. The van der Waals surface area contributed by atoms with Crippen LogP contribution in [0.4, 0.5) is 4.39 Å². The van der Waals surface area contributed by atoms with Crippen LogP contribution in [-0.4, -0.2) is 42.2 Å². The molecule has 2 unspecified atom stereocenters. The highest BCUT2D eigenvalue weighted by atomic mass is 79.9. The molecule has 0 aliphatic carbocycles. The number of hydrogen-bond acceptors (Lipinski definition) is 5. The lowest BCUT2D eigenvalue weighted by atomic mass is 10.0. The van der Waals surface area contributed by atoms with Crippen molar-refractivity contribution >= 4 is 27.6 Å². The largest absolute Gasteiger partial charge is 0.479 e. The van der Waals surface area contributed by atoms with Gasteiger partial charge in [-0.25, -0.2) is 9.18 Å². The molecule has 0 saturated heterocycles. The molecular formula is C16H19BrFNO5. The first kappa shape index (κ1) is 18.7. The number of carboxylic acid groups (broad SMARTS) is 1. The maximum absolute atomic E-state index is 13.9. The fourth-order valence-corrected chi connectivity index (χ4v) is 2.44. The van der Waals surface area contributed by atoms with Crippen LogP contribution in [0.2, 0.25) is 0 Å². The monoisotopic (exact) mass is 403 g/mol. The molecule has 0 aromatic heterocycles. The molecule has 0 saturated carbocycles. The van der Waals surface area contributed by atoms with Gasteiger partial charge in [0, 0.05) is 18.2 Å². The first-order valence-electron chi connectivity index (χ1n) is 7.64. The molecule has 0 amide bonds. The number of ether oxygens (including phenoxy) is 2. The quantitative estimate of drug-likeness (QED) is 0.673. The van der Waals surface area contributed by atoms with Gasteiger partial charge in [-0.2, -0.15) is 0 Å². The lowest BCUT2D eigenvalue weighted by Crippen LogP contribution is -2.28. The van der Waals surface area contributed by atoms with Crippen molar-refractivity contribution in [3.63, 3.8) is 0 Å². The van der Waals surface area contributed by atoms with Gasteiger partial charge in [0.2, 0.25) is 0 Å². The molecule has 1 aromatic carbocycles. The lowest BCUT2D eigenvalue weighted by Gasteiger charge is -2.17. The zero-order chi connectivity index (χ0) is 17.7. The van der Waals surface area contributed by atoms with Crippen molar-refractivity contribution < 1.29 is 28.6 Å². The highest BCUT2D eigenvalue weighted by Crippen LogP contribution is 2.30. The molecule has 0 radical (unpaired) electrons. The van der Waals surface area contributed by atoms with Crippen molar-refractivity contribution in [1.29, 1.82) is 0 Å². The van der Waals surface area contributed by atoms with Crippen molar-refractivity contribution in [2.75, 3.05) is 13.2 Å². The van der Waals surface area contributed by atoms with E-state index in [0.717, 1.165) is 18.9 Å². The minimum absolute atomic E-state index is 0.0824. The Bertz CT molecular complexity index is 637. The van der Waals surface area contributed by atoms with Crippen molar-refractivity contribution in [2.45, 2.75) is 38.9 Å². The van der Waals surface area contributed by atoms with Crippen LogP contribution in [0.1, 0.15) is 32.3 Å². The predicted octanol–water partition coefficient (Wildman–Crippen LogP) is 3.36. The summed E-state index contributed by atoms with van der Waals surface area (Å²) in [6.45, 7) is 4.23. The van der Waals surface area contributed by atoms with Crippen molar-refractivity contribution in [3.8, 4) is 5.75 Å². The van der Waals surface area contributed by atoms with E-state index in [9.17, 15) is 9.18 Å². The number of carboxylic acids is 1. The average Bonchev–Trinajstić information content (AvgIpc) is 2.99. The van der Waals surface area contributed by atoms with E-state index in [1.54, 1.807) is 0 Å². The first-order chi connectivity index (χ1) is 11.4. The topological polar surface area (TPSA) is 77.3 Å². The number of carbonyl (C=O) groups is 1. The normalized spacial score (nSPS) is 18.0. The van der Waals surface area contributed by atoms with E-state index >= 15 is 0 Å². The Morgan fingerprint density at radius 1 is 1.58 bits per heavy atom. The molecule has 1 aliphatic heterocycles. The molecule has 1 heterocycles.